The van der Waals surface area contributed by atoms with Crippen molar-refractivity contribution in [3.05, 3.63) is 30.1 Å². The Morgan fingerprint density at radius 2 is 2.00 bits per heavy atom. The minimum absolute atomic E-state index is 0.147. The van der Waals surface area contributed by atoms with Crippen LogP contribution in [0.15, 0.2) is 18.5 Å². The van der Waals surface area contributed by atoms with Crippen molar-refractivity contribution in [3.8, 4) is 11.4 Å². The number of nitrogens with two attached hydrogens (primary N) is 1. The minimum atomic E-state index is -0.965. The zero-order valence-corrected chi connectivity index (χ0v) is 9.32. The third kappa shape index (κ3) is 2.11. The molecule has 1 aromatic carbocycles. The van der Waals surface area contributed by atoms with Crippen LogP contribution in [0.1, 0.15) is 13.3 Å². The third-order valence-corrected chi connectivity index (χ3v) is 2.41. The van der Waals surface area contributed by atoms with Gasteiger partial charge >= 0.3 is 0 Å². The minimum Gasteiger partial charge on any atom is -0.398 e. The van der Waals surface area contributed by atoms with Crippen LogP contribution < -0.4 is 5.73 Å². The summed E-state index contributed by atoms with van der Waals surface area (Å²) in [5.74, 6) is -1.46. The molecule has 0 aliphatic carbocycles. The van der Waals surface area contributed by atoms with Crippen molar-refractivity contribution < 1.29 is 8.78 Å². The second-order valence-corrected chi connectivity index (χ2v) is 3.70. The lowest BCUT2D eigenvalue weighted by molar-refractivity contribution is 0.509. The van der Waals surface area contributed by atoms with Crippen LogP contribution in [-0.4, -0.2) is 14.8 Å². The summed E-state index contributed by atoms with van der Waals surface area (Å²) in [5, 5.41) is 7.63. The highest BCUT2D eigenvalue weighted by Gasteiger charge is 2.14. The number of aromatic nitrogens is 3. The van der Waals surface area contributed by atoms with E-state index in [9.17, 15) is 8.78 Å². The van der Waals surface area contributed by atoms with Gasteiger partial charge in [0.1, 0.15) is 6.33 Å². The van der Waals surface area contributed by atoms with Gasteiger partial charge in [-0.25, -0.2) is 8.78 Å². The molecule has 6 heteroatoms. The average molecular weight is 238 g/mol. The standard InChI is InChI=1S/C11H12F2N4/c1-2-3-17-6-15-16-11(17)7-4-8(12)9(13)5-10(7)14/h4-6H,2-3,14H2,1H3. The molecule has 4 nitrogen and oxygen atoms in total. The van der Waals surface area contributed by atoms with Crippen LogP contribution in [0.25, 0.3) is 11.4 Å². The lowest BCUT2D eigenvalue weighted by Gasteiger charge is -2.08. The first-order valence-electron chi connectivity index (χ1n) is 5.26. The summed E-state index contributed by atoms with van der Waals surface area (Å²) in [5.41, 5.74) is 6.16. The summed E-state index contributed by atoms with van der Waals surface area (Å²) in [6.45, 7) is 2.69. The molecule has 1 heterocycles. The maximum absolute atomic E-state index is 13.2. The number of anilines is 1. The molecule has 0 aliphatic heterocycles. The molecule has 1 aromatic heterocycles. The van der Waals surface area contributed by atoms with E-state index >= 15 is 0 Å². The van der Waals surface area contributed by atoms with Crippen LogP contribution in [0.3, 0.4) is 0 Å². The normalized spacial score (nSPS) is 10.8. The monoisotopic (exact) mass is 238 g/mol. The summed E-state index contributed by atoms with van der Waals surface area (Å²) in [4.78, 5) is 0. The molecule has 0 radical (unpaired) electrons. The van der Waals surface area contributed by atoms with Gasteiger partial charge in [0.05, 0.1) is 0 Å². The van der Waals surface area contributed by atoms with Gasteiger partial charge in [0, 0.05) is 23.9 Å². The number of aryl methyl sites for hydroxylation is 1. The quantitative estimate of drug-likeness (QED) is 0.834. The van der Waals surface area contributed by atoms with Crippen LogP contribution in [0, 0.1) is 11.6 Å². The van der Waals surface area contributed by atoms with Gasteiger partial charge in [0.2, 0.25) is 0 Å². The molecule has 2 N–H and O–H groups in total. The Morgan fingerprint density at radius 3 is 2.71 bits per heavy atom. The van der Waals surface area contributed by atoms with Gasteiger partial charge in [-0.15, -0.1) is 10.2 Å². The molecular weight excluding hydrogens is 226 g/mol. The molecule has 0 aliphatic rings. The van der Waals surface area contributed by atoms with Crippen molar-refractivity contribution in [3.63, 3.8) is 0 Å². The number of rotatable bonds is 3. The molecule has 0 amide bonds. The molecule has 0 bridgehead atoms. The molecule has 0 spiro atoms. The van der Waals surface area contributed by atoms with Crippen molar-refractivity contribution in [1.29, 1.82) is 0 Å². The van der Waals surface area contributed by atoms with Crippen molar-refractivity contribution in [2.45, 2.75) is 19.9 Å². The summed E-state index contributed by atoms with van der Waals surface area (Å²) in [6, 6.07) is 2.00. The molecule has 2 aromatic rings. The summed E-state index contributed by atoms with van der Waals surface area (Å²) in [6.07, 6.45) is 2.42. The van der Waals surface area contributed by atoms with E-state index < -0.39 is 11.6 Å². The lowest BCUT2D eigenvalue weighted by atomic mass is 10.1. The maximum Gasteiger partial charge on any atom is 0.165 e. The smallest absolute Gasteiger partial charge is 0.165 e. The highest BCUT2D eigenvalue weighted by atomic mass is 19.2. The molecule has 0 fully saturated rings. The van der Waals surface area contributed by atoms with Gasteiger partial charge in [-0.05, 0) is 12.5 Å². The van der Waals surface area contributed by atoms with Crippen molar-refractivity contribution in [2.75, 3.05) is 5.73 Å². The summed E-state index contributed by atoms with van der Waals surface area (Å²) < 4.78 is 27.9. The van der Waals surface area contributed by atoms with E-state index in [1.54, 1.807) is 10.9 Å². The molecule has 0 saturated carbocycles. The molecular formula is C11H12F2N4. The van der Waals surface area contributed by atoms with Gasteiger partial charge in [-0.2, -0.15) is 0 Å². The van der Waals surface area contributed by atoms with E-state index in [0.717, 1.165) is 18.6 Å². The Balaban J connectivity index is 2.52. The second kappa shape index (κ2) is 4.48. The van der Waals surface area contributed by atoms with E-state index in [1.165, 1.54) is 0 Å². The van der Waals surface area contributed by atoms with Crippen LogP contribution >= 0.6 is 0 Å². The van der Waals surface area contributed by atoms with Gasteiger partial charge < -0.3 is 10.3 Å². The predicted molar refractivity (Wildman–Crippen MR) is 60.1 cm³/mol. The molecule has 0 atom stereocenters. The number of benzene rings is 1. The Bertz CT molecular complexity index is 536. The number of hydrogen-bond donors (Lipinski definition) is 1. The van der Waals surface area contributed by atoms with Gasteiger partial charge in [-0.1, -0.05) is 6.92 Å². The van der Waals surface area contributed by atoms with E-state index in [1.807, 2.05) is 6.92 Å². The Hall–Kier alpha value is -1.98. The first kappa shape index (κ1) is 11.5. The van der Waals surface area contributed by atoms with Gasteiger partial charge in [0.25, 0.3) is 0 Å². The fraction of sp³-hybridized carbons (Fsp3) is 0.273. The van der Waals surface area contributed by atoms with Gasteiger partial charge in [0.15, 0.2) is 17.5 Å². The van der Waals surface area contributed by atoms with Crippen LogP contribution in [0.2, 0.25) is 0 Å². The Morgan fingerprint density at radius 1 is 1.29 bits per heavy atom. The summed E-state index contributed by atoms with van der Waals surface area (Å²) in [7, 11) is 0. The zero-order valence-electron chi connectivity index (χ0n) is 9.32. The van der Waals surface area contributed by atoms with E-state index in [4.69, 9.17) is 5.73 Å². The topological polar surface area (TPSA) is 56.7 Å². The Kier molecular flexibility index (Phi) is 3.03. The van der Waals surface area contributed by atoms with E-state index in [-0.39, 0.29) is 5.69 Å². The maximum atomic E-state index is 13.2. The molecule has 17 heavy (non-hydrogen) atoms. The largest absolute Gasteiger partial charge is 0.398 e. The Labute approximate surface area is 97.1 Å². The van der Waals surface area contributed by atoms with Crippen molar-refractivity contribution >= 4 is 5.69 Å². The molecule has 90 valence electrons. The number of nitrogen functional groups attached to an aromatic ring is 1. The first-order chi connectivity index (χ1) is 8.13. The lowest BCUT2D eigenvalue weighted by Crippen LogP contribution is -2.02. The highest BCUT2D eigenvalue weighted by molar-refractivity contribution is 5.71. The van der Waals surface area contributed by atoms with Crippen molar-refractivity contribution in [1.82, 2.24) is 14.8 Å². The van der Waals surface area contributed by atoms with E-state index in [0.29, 0.717) is 17.9 Å². The number of halogens is 2. The van der Waals surface area contributed by atoms with Crippen LogP contribution in [-0.2, 0) is 6.54 Å². The van der Waals surface area contributed by atoms with Gasteiger partial charge in [-0.3, -0.25) is 0 Å². The van der Waals surface area contributed by atoms with Crippen LogP contribution in [0.5, 0.6) is 0 Å². The fourth-order valence-electron chi connectivity index (χ4n) is 1.62. The molecule has 0 saturated heterocycles. The zero-order chi connectivity index (χ0) is 12.4. The van der Waals surface area contributed by atoms with E-state index in [2.05, 4.69) is 10.2 Å². The SMILES string of the molecule is CCCn1cnnc1-c1cc(F)c(F)cc1N. The molecule has 0 unspecified atom stereocenters. The van der Waals surface area contributed by atoms with Crippen LogP contribution in [0.4, 0.5) is 14.5 Å². The number of hydrogen-bond acceptors (Lipinski definition) is 3. The average Bonchev–Trinajstić information content (AvgIpc) is 2.72. The summed E-state index contributed by atoms with van der Waals surface area (Å²) >= 11 is 0. The number of nitrogens with zero attached hydrogens (tertiary/aromatic N) is 3. The first-order valence-corrected chi connectivity index (χ1v) is 5.26. The second-order valence-electron chi connectivity index (χ2n) is 3.70. The highest BCUT2D eigenvalue weighted by Crippen LogP contribution is 2.26. The predicted octanol–water partition coefficient (Wildman–Crippen LogP) is 2.22. The van der Waals surface area contributed by atoms with Crippen molar-refractivity contribution in [2.24, 2.45) is 0 Å². The third-order valence-electron chi connectivity index (χ3n) is 2.41. The fourth-order valence-corrected chi connectivity index (χ4v) is 1.62. The molecule has 2 rings (SSSR count).